The highest BCUT2D eigenvalue weighted by Gasteiger charge is 2.15. The van der Waals surface area contributed by atoms with Gasteiger partial charge in [0.1, 0.15) is 0 Å². The summed E-state index contributed by atoms with van der Waals surface area (Å²) in [4.78, 5) is 6.63. The first-order valence-corrected chi connectivity index (χ1v) is 5.97. The van der Waals surface area contributed by atoms with Crippen LogP contribution in [0.15, 0.2) is 22.8 Å². The van der Waals surface area contributed by atoms with Crippen LogP contribution in [0.3, 0.4) is 0 Å². The maximum absolute atomic E-state index is 5.30. The molecule has 6 heteroatoms. The molecule has 0 spiro atoms. The van der Waals surface area contributed by atoms with Crippen LogP contribution in [0.5, 0.6) is 0 Å². The zero-order valence-corrected chi connectivity index (χ0v) is 10.2. The lowest BCUT2D eigenvalue weighted by Crippen LogP contribution is -2.36. The van der Waals surface area contributed by atoms with Crippen LogP contribution in [0.25, 0.3) is 5.65 Å². The molecule has 16 heavy (non-hydrogen) atoms. The molecule has 0 atom stereocenters. The van der Waals surface area contributed by atoms with Gasteiger partial charge in [0.05, 0.1) is 13.2 Å². The molecule has 1 fully saturated rings. The number of morpholine rings is 1. The number of ether oxygens (including phenoxy) is 1. The number of pyridine rings is 1. The van der Waals surface area contributed by atoms with Gasteiger partial charge in [0.25, 0.3) is 0 Å². The fourth-order valence-electron chi connectivity index (χ4n) is 1.74. The number of fused-ring (bicyclic) bond motifs is 1. The van der Waals surface area contributed by atoms with E-state index in [0.29, 0.717) is 0 Å². The van der Waals surface area contributed by atoms with Crippen LogP contribution in [0.4, 0.5) is 5.95 Å². The van der Waals surface area contributed by atoms with Crippen LogP contribution in [0, 0.1) is 0 Å². The predicted octanol–water partition coefficient (Wildman–Crippen LogP) is 1.33. The van der Waals surface area contributed by atoms with Gasteiger partial charge >= 0.3 is 0 Å². The molecule has 0 radical (unpaired) electrons. The predicted molar refractivity (Wildman–Crippen MR) is 63.7 cm³/mol. The molecule has 0 unspecified atom stereocenters. The largest absolute Gasteiger partial charge is 0.378 e. The molecule has 3 rings (SSSR count). The third-order valence-electron chi connectivity index (χ3n) is 2.58. The van der Waals surface area contributed by atoms with Crippen LogP contribution in [-0.2, 0) is 4.74 Å². The van der Waals surface area contributed by atoms with Gasteiger partial charge < -0.3 is 9.64 Å². The summed E-state index contributed by atoms with van der Waals surface area (Å²) in [7, 11) is 0. The summed E-state index contributed by atoms with van der Waals surface area (Å²) in [5.74, 6) is 0.779. The average Bonchev–Trinajstić information content (AvgIpc) is 2.73. The van der Waals surface area contributed by atoms with Gasteiger partial charge in [-0.2, -0.15) is 4.98 Å². The molecule has 0 aromatic carbocycles. The van der Waals surface area contributed by atoms with Crippen molar-refractivity contribution in [1.29, 1.82) is 0 Å². The number of anilines is 1. The summed E-state index contributed by atoms with van der Waals surface area (Å²) in [6, 6.07) is 3.90. The molecule has 5 nitrogen and oxygen atoms in total. The normalized spacial score (nSPS) is 16.9. The molecule has 1 saturated heterocycles. The van der Waals surface area contributed by atoms with E-state index in [0.717, 1.165) is 42.4 Å². The molecule has 0 bridgehead atoms. The second-order valence-electron chi connectivity index (χ2n) is 3.66. The fraction of sp³-hybridized carbons (Fsp3) is 0.400. The van der Waals surface area contributed by atoms with Crippen molar-refractivity contribution >= 4 is 27.5 Å². The van der Waals surface area contributed by atoms with E-state index < -0.39 is 0 Å². The van der Waals surface area contributed by atoms with E-state index >= 15 is 0 Å². The lowest BCUT2D eigenvalue weighted by atomic mass is 10.4. The van der Waals surface area contributed by atoms with E-state index in [1.165, 1.54) is 0 Å². The number of halogens is 1. The highest BCUT2D eigenvalue weighted by Crippen LogP contribution is 2.15. The highest BCUT2D eigenvalue weighted by molar-refractivity contribution is 9.10. The summed E-state index contributed by atoms with van der Waals surface area (Å²) in [5, 5.41) is 4.43. The van der Waals surface area contributed by atoms with Gasteiger partial charge in [-0.25, -0.2) is 4.52 Å². The van der Waals surface area contributed by atoms with E-state index in [9.17, 15) is 0 Å². The Hall–Kier alpha value is -1.14. The van der Waals surface area contributed by atoms with Crippen molar-refractivity contribution in [2.45, 2.75) is 0 Å². The first kappa shape index (κ1) is 10.0. The van der Waals surface area contributed by atoms with Crippen LogP contribution in [-0.4, -0.2) is 40.9 Å². The Bertz CT molecular complexity index is 506. The zero-order valence-electron chi connectivity index (χ0n) is 8.64. The maximum atomic E-state index is 5.30. The van der Waals surface area contributed by atoms with E-state index in [4.69, 9.17) is 4.74 Å². The van der Waals surface area contributed by atoms with Crippen molar-refractivity contribution < 1.29 is 4.74 Å². The van der Waals surface area contributed by atoms with E-state index in [1.54, 1.807) is 4.52 Å². The minimum Gasteiger partial charge on any atom is -0.378 e. The third kappa shape index (κ3) is 1.78. The first-order valence-electron chi connectivity index (χ1n) is 5.17. The van der Waals surface area contributed by atoms with Crippen LogP contribution in [0.1, 0.15) is 0 Å². The number of rotatable bonds is 1. The molecular weight excluding hydrogens is 272 g/mol. The minimum atomic E-state index is 0.749. The number of hydrogen-bond acceptors (Lipinski definition) is 4. The Morgan fingerprint density at radius 3 is 2.94 bits per heavy atom. The second kappa shape index (κ2) is 4.03. The third-order valence-corrected chi connectivity index (χ3v) is 3.08. The van der Waals surface area contributed by atoms with Gasteiger partial charge in [-0.15, -0.1) is 5.10 Å². The van der Waals surface area contributed by atoms with Gasteiger partial charge in [-0.3, -0.25) is 0 Å². The lowest BCUT2D eigenvalue weighted by Gasteiger charge is -2.25. The molecule has 0 N–H and O–H groups in total. The molecule has 2 aromatic heterocycles. The van der Waals surface area contributed by atoms with Crippen molar-refractivity contribution in [3.8, 4) is 0 Å². The smallest absolute Gasteiger partial charge is 0.245 e. The molecule has 84 valence electrons. The van der Waals surface area contributed by atoms with E-state index in [2.05, 4.69) is 30.9 Å². The Morgan fingerprint density at radius 1 is 1.31 bits per heavy atom. The Labute approximate surface area is 101 Å². The van der Waals surface area contributed by atoms with Crippen LogP contribution in [0.2, 0.25) is 0 Å². The number of hydrogen-bond donors (Lipinski definition) is 0. The topological polar surface area (TPSA) is 42.7 Å². The quantitative estimate of drug-likeness (QED) is 0.792. The molecular formula is C10H11BrN4O. The maximum Gasteiger partial charge on any atom is 0.245 e. The van der Waals surface area contributed by atoms with Crippen molar-refractivity contribution in [2.75, 3.05) is 31.2 Å². The van der Waals surface area contributed by atoms with Gasteiger partial charge in [0.2, 0.25) is 5.95 Å². The molecule has 1 aliphatic heterocycles. The van der Waals surface area contributed by atoms with Gasteiger partial charge in [0.15, 0.2) is 5.65 Å². The monoisotopic (exact) mass is 282 g/mol. The van der Waals surface area contributed by atoms with E-state index in [1.807, 2.05) is 18.3 Å². The van der Waals surface area contributed by atoms with Crippen molar-refractivity contribution in [1.82, 2.24) is 14.6 Å². The molecule has 0 aliphatic carbocycles. The highest BCUT2D eigenvalue weighted by atomic mass is 79.9. The lowest BCUT2D eigenvalue weighted by molar-refractivity contribution is 0.122. The Kier molecular flexibility index (Phi) is 2.53. The van der Waals surface area contributed by atoms with Gasteiger partial charge in [-0.05, 0) is 12.1 Å². The molecule has 2 aromatic rings. The minimum absolute atomic E-state index is 0.749. The van der Waals surface area contributed by atoms with Gasteiger partial charge in [-0.1, -0.05) is 15.9 Å². The molecule has 0 saturated carbocycles. The first-order chi connectivity index (χ1) is 7.83. The average molecular weight is 283 g/mol. The van der Waals surface area contributed by atoms with Crippen molar-refractivity contribution in [3.63, 3.8) is 0 Å². The summed E-state index contributed by atoms with van der Waals surface area (Å²) in [6.07, 6.45) is 1.90. The van der Waals surface area contributed by atoms with Crippen LogP contribution >= 0.6 is 15.9 Å². The fourth-order valence-corrected chi connectivity index (χ4v) is 2.07. The Balaban J connectivity index is 1.97. The van der Waals surface area contributed by atoms with Crippen molar-refractivity contribution in [3.05, 3.63) is 22.8 Å². The standard InChI is InChI=1S/C10H11BrN4O/c11-8-1-2-15-9(7-8)12-10(13-15)14-3-5-16-6-4-14/h1-2,7H,3-6H2. The SMILES string of the molecule is Brc1ccn2nc(N3CCOCC3)nc2c1. The van der Waals surface area contributed by atoms with E-state index in [-0.39, 0.29) is 0 Å². The summed E-state index contributed by atoms with van der Waals surface area (Å²) in [6.45, 7) is 3.22. The zero-order chi connectivity index (χ0) is 11.0. The second-order valence-corrected chi connectivity index (χ2v) is 4.57. The van der Waals surface area contributed by atoms with Crippen molar-refractivity contribution in [2.24, 2.45) is 0 Å². The molecule has 3 heterocycles. The summed E-state index contributed by atoms with van der Waals surface area (Å²) < 4.78 is 8.10. The number of aromatic nitrogens is 3. The summed E-state index contributed by atoms with van der Waals surface area (Å²) in [5.41, 5.74) is 0.857. The number of nitrogens with zero attached hydrogens (tertiary/aromatic N) is 4. The summed E-state index contributed by atoms with van der Waals surface area (Å²) >= 11 is 3.42. The van der Waals surface area contributed by atoms with Crippen LogP contribution < -0.4 is 4.90 Å². The molecule has 1 aliphatic rings. The van der Waals surface area contributed by atoms with Gasteiger partial charge in [0, 0.05) is 23.8 Å². The Morgan fingerprint density at radius 2 is 2.12 bits per heavy atom. The molecule has 0 amide bonds.